The van der Waals surface area contributed by atoms with Gasteiger partial charge >= 0.3 is 0 Å². The average Bonchev–Trinajstić information content (AvgIpc) is 3.16. The lowest BCUT2D eigenvalue weighted by molar-refractivity contribution is -0.144. The number of piperazine rings is 1. The fourth-order valence-electron chi connectivity index (χ4n) is 3.26. The minimum atomic E-state index is -0.388. The van der Waals surface area contributed by atoms with Crippen LogP contribution in [0, 0.1) is 0 Å². The van der Waals surface area contributed by atoms with Crippen molar-refractivity contribution in [3.63, 3.8) is 0 Å². The molecule has 0 saturated carbocycles. The Morgan fingerprint density at radius 1 is 1.15 bits per heavy atom. The fourth-order valence-corrected chi connectivity index (χ4v) is 4.43. The molecule has 0 bridgehead atoms. The Bertz CT molecular complexity index is 703. The van der Waals surface area contributed by atoms with E-state index in [1.807, 2.05) is 0 Å². The van der Waals surface area contributed by atoms with Crippen LogP contribution in [0.5, 0.6) is 5.75 Å². The van der Waals surface area contributed by atoms with Gasteiger partial charge in [0, 0.05) is 43.9 Å². The number of carbonyl (C=O) groups is 3. The van der Waals surface area contributed by atoms with Gasteiger partial charge < -0.3 is 19.8 Å². The van der Waals surface area contributed by atoms with Gasteiger partial charge in [0.1, 0.15) is 11.8 Å². The predicted octanol–water partition coefficient (Wildman–Crippen LogP) is 0.988. The van der Waals surface area contributed by atoms with Gasteiger partial charge in [-0.3, -0.25) is 14.4 Å². The highest BCUT2D eigenvalue weighted by Gasteiger charge is 2.37. The average molecular weight is 377 g/mol. The van der Waals surface area contributed by atoms with E-state index >= 15 is 0 Å². The van der Waals surface area contributed by atoms with Crippen LogP contribution < -0.4 is 0 Å². The molecule has 1 atom stereocenters. The zero-order valence-electron chi connectivity index (χ0n) is 14.8. The topological polar surface area (TPSA) is 81.2 Å². The van der Waals surface area contributed by atoms with Crippen LogP contribution in [0.1, 0.15) is 23.7 Å². The SMILES string of the molecule is CCC(=O)N1CSC[C@H]1C(=O)N1CCN(C(=O)c2cccc(O)c2)CC1. The lowest BCUT2D eigenvalue weighted by atomic mass is 10.1. The summed E-state index contributed by atoms with van der Waals surface area (Å²) in [7, 11) is 0. The largest absolute Gasteiger partial charge is 0.508 e. The van der Waals surface area contributed by atoms with Crippen molar-refractivity contribution in [1.29, 1.82) is 0 Å². The lowest BCUT2D eigenvalue weighted by Crippen LogP contribution is -2.55. The number of benzene rings is 1. The molecule has 0 unspecified atom stereocenters. The summed E-state index contributed by atoms with van der Waals surface area (Å²) < 4.78 is 0. The first-order chi connectivity index (χ1) is 12.5. The van der Waals surface area contributed by atoms with Crippen molar-refractivity contribution >= 4 is 29.5 Å². The monoisotopic (exact) mass is 377 g/mol. The van der Waals surface area contributed by atoms with E-state index in [1.54, 1.807) is 45.5 Å². The van der Waals surface area contributed by atoms with Gasteiger partial charge in [-0.15, -0.1) is 11.8 Å². The van der Waals surface area contributed by atoms with E-state index in [0.29, 0.717) is 49.8 Å². The molecule has 2 aliphatic rings. The molecule has 1 aromatic carbocycles. The van der Waals surface area contributed by atoms with Crippen molar-refractivity contribution in [2.45, 2.75) is 19.4 Å². The van der Waals surface area contributed by atoms with E-state index < -0.39 is 0 Å². The third-order valence-corrected chi connectivity index (χ3v) is 5.77. The first kappa shape index (κ1) is 18.6. The van der Waals surface area contributed by atoms with Crippen molar-refractivity contribution in [3.05, 3.63) is 29.8 Å². The molecular formula is C18H23N3O4S. The second-order valence-electron chi connectivity index (χ2n) is 6.40. The highest BCUT2D eigenvalue weighted by molar-refractivity contribution is 7.99. The van der Waals surface area contributed by atoms with Crippen LogP contribution in [0.2, 0.25) is 0 Å². The summed E-state index contributed by atoms with van der Waals surface area (Å²) >= 11 is 1.60. The molecule has 7 nitrogen and oxygen atoms in total. The summed E-state index contributed by atoms with van der Waals surface area (Å²) in [4.78, 5) is 42.4. The third kappa shape index (κ3) is 3.80. The highest BCUT2D eigenvalue weighted by Crippen LogP contribution is 2.24. The van der Waals surface area contributed by atoms with E-state index in [4.69, 9.17) is 0 Å². The van der Waals surface area contributed by atoms with E-state index in [0.717, 1.165) is 0 Å². The number of aromatic hydroxyl groups is 1. The van der Waals surface area contributed by atoms with Gasteiger partial charge in [-0.25, -0.2) is 0 Å². The van der Waals surface area contributed by atoms with E-state index in [-0.39, 0.29) is 29.5 Å². The van der Waals surface area contributed by atoms with E-state index in [1.165, 1.54) is 12.1 Å². The van der Waals surface area contributed by atoms with Crippen molar-refractivity contribution in [3.8, 4) is 5.75 Å². The summed E-state index contributed by atoms with van der Waals surface area (Å²) in [6.07, 6.45) is 0.399. The molecule has 1 aromatic rings. The molecule has 2 aliphatic heterocycles. The number of carbonyl (C=O) groups excluding carboxylic acids is 3. The van der Waals surface area contributed by atoms with Gasteiger partial charge in [-0.2, -0.15) is 0 Å². The Labute approximate surface area is 156 Å². The fraction of sp³-hybridized carbons (Fsp3) is 0.500. The molecule has 0 aromatic heterocycles. The maximum absolute atomic E-state index is 12.8. The van der Waals surface area contributed by atoms with Gasteiger partial charge in [-0.05, 0) is 18.2 Å². The van der Waals surface area contributed by atoms with Crippen LogP contribution in [-0.2, 0) is 9.59 Å². The molecule has 26 heavy (non-hydrogen) atoms. The highest BCUT2D eigenvalue weighted by atomic mass is 32.2. The Kier molecular flexibility index (Phi) is 5.70. The number of amides is 3. The molecular weight excluding hydrogens is 354 g/mol. The Morgan fingerprint density at radius 2 is 1.85 bits per heavy atom. The molecule has 0 spiro atoms. The van der Waals surface area contributed by atoms with Gasteiger partial charge in [0.2, 0.25) is 11.8 Å². The van der Waals surface area contributed by atoms with E-state index in [9.17, 15) is 19.5 Å². The van der Waals surface area contributed by atoms with Gasteiger partial charge in [0.05, 0.1) is 5.88 Å². The van der Waals surface area contributed by atoms with Gasteiger partial charge in [0.15, 0.2) is 0 Å². The van der Waals surface area contributed by atoms with Crippen molar-refractivity contribution in [2.24, 2.45) is 0 Å². The molecule has 2 fully saturated rings. The molecule has 140 valence electrons. The number of nitrogens with zero attached hydrogens (tertiary/aromatic N) is 3. The van der Waals surface area contributed by atoms with Gasteiger partial charge in [-0.1, -0.05) is 13.0 Å². The Balaban J connectivity index is 1.59. The minimum Gasteiger partial charge on any atom is -0.508 e. The standard InChI is InChI=1S/C18H23N3O4S/c1-2-16(23)21-12-26-11-15(21)18(25)20-8-6-19(7-9-20)17(24)13-4-3-5-14(22)10-13/h3-5,10,15,22H,2,6-9,11-12H2,1H3/t15-/m0/s1. The number of hydrogen-bond donors (Lipinski definition) is 1. The van der Waals surface area contributed by atoms with Crippen LogP contribution in [0.4, 0.5) is 0 Å². The molecule has 0 aliphatic carbocycles. The number of hydrogen-bond acceptors (Lipinski definition) is 5. The Morgan fingerprint density at radius 3 is 2.50 bits per heavy atom. The lowest BCUT2D eigenvalue weighted by Gasteiger charge is -2.37. The first-order valence-electron chi connectivity index (χ1n) is 8.75. The summed E-state index contributed by atoms with van der Waals surface area (Å²) in [6, 6.07) is 5.89. The second-order valence-corrected chi connectivity index (χ2v) is 7.40. The molecule has 3 rings (SSSR count). The quantitative estimate of drug-likeness (QED) is 0.850. The normalized spacial score (nSPS) is 20.3. The first-order valence-corrected chi connectivity index (χ1v) is 9.91. The molecule has 8 heteroatoms. The zero-order chi connectivity index (χ0) is 18.7. The van der Waals surface area contributed by atoms with Crippen molar-refractivity contribution < 1.29 is 19.5 Å². The summed E-state index contributed by atoms with van der Waals surface area (Å²) in [5.41, 5.74) is 0.441. The third-order valence-electron chi connectivity index (χ3n) is 4.76. The number of rotatable bonds is 3. The molecule has 2 heterocycles. The van der Waals surface area contributed by atoms with Gasteiger partial charge in [0.25, 0.3) is 5.91 Å². The van der Waals surface area contributed by atoms with Crippen molar-refractivity contribution in [2.75, 3.05) is 37.8 Å². The minimum absolute atomic E-state index is 0.00560. The van der Waals surface area contributed by atoms with Crippen LogP contribution in [-0.4, -0.2) is 81.4 Å². The molecule has 3 amide bonds. The van der Waals surface area contributed by atoms with E-state index in [2.05, 4.69) is 0 Å². The second kappa shape index (κ2) is 7.99. The number of thioether (sulfide) groups is 1. The van der Waals surface area contributed by atoms with Crippen molar-refractivity contribution in [1.82, 2.24) is 14.7 Å². The van der Waals surface area contributed by atoms with Crippen LogP contribution >= 0.6 is 11.8 Å². The summed E-state index contributed by atoms with van der Waals surface area (Å²) in [5.74, 6) is 1.09. The Hall–Kier alpha value is -2.22. The number of phenols is 1. The summed E-state index contributed by atoms with van der Waals surface area (Å²) in [6.45, 7) is 3.61. The molecule has 0 radical (unpaired) electrons. The smallest absolute Gasteiger partial charge is 0.254 e. The molecule has 2 saturated heterocycles. The summed E-state index contributed by atoms with van der Waals surface area (Å²) in [5, 5.41) is 9.53. The maximum atomic E-state index is 12.8. The zero-order valence-corrected chi connectivity index (χ0v) is 15.6. The number of phenolic OH excluding ortho intramolecular Hbond substituents is 1. The maximum Gasteiger partial charge on any atom is 0.254 e. The van der Waals surface area contributed by atoms with Crippen LogP contribution in [0.3, 0.4) is 0 Å². The molecule has 1 N–H and O–H groups in total. The van der Waals surface area contributed by atoms with Crippen LogP contribution in [0.15, 0.2) is 24.3 Å². The van der Waals surface area contributed by atoms with Crippen LogP contribution in [0.25, 0.3) is 0 Å². The predicted molar refractivity (Wildman–Crippen MR) is 98.8 cm³/mol.